The molecule has 0 spiro atoms. The summed E-state index contributed by atoms with van der Waals surface area (Å²) in [6, 6.07) is 6.56. The Labute approximate surface area is 212 Å². The van der Waals surface area contributed by atoms with Crippen molar-refractivity contribution in [1.82, 2.24) is 15.2 Å². The first-order valence-corrected chi connectivity index (χ1v) is 10.6. The molecule has 0 bridgehead atoms. The van der Waals surface area contributed by atoms with Gasteiger partial charge in [-0.1, -0.05) is 17.7 Å². The molecule has 1 aliphatic rings. The molecule has 1 N–H and O–H groups in total. The third kappa shape index (κ3) is 5.62. The largest absolute Gasteiger partial charge is 0.351 e. The molecule has 1 atom stereocenters. The highest BCUT2D eigenvalue weighted by Crippen LogP contribution is 2.47. The van der Waals surface area contributed by atoms with Crippen LogP contribution in [0.4, 0.5) is 8.78 Å². The van der Waals surface area contributed by atoms with Gasteiger partial charge in [-0.25, -0.2) is 8.78 Å². The van der Waals surface area contributed by atoms with Crippen LogP contribution in [0.3, 0.4) is 0 Å². The first-order valence-electron chi connectivity index (χ1n) is 10.2. The number of alkyl halides is 1. The number of hydrogen-bond acceptors (Lipinski definition) is 3. The third-order valence-corrected chi connectivity index (χ3v) is 6.06. The summed E-state index contributed by atoms with van der Waals surface area (Å²) in [7, 11) is 41.3. The second-order valence-electron chi connectivity index (χ2n) is 8.77. The third-order valence-electron chi connectivity index (χ3n) is 5.77. The molecule has 14 heteroatoms. The van der Waals surface area contributed by atoms with E-state index in [1.165, 1.54) is 12.3 Å². The van der Waals surface area contributed by atoms with Crippen molar-refractivity contribution in [2.75, 3.05) is 13.1 Å². The van der Waals surface area contributed by atoms with Gasteiger partial charge in [0.15, 0.2) is 0 Å². The maximum Gasteiger partial charge on any atom is 0.252 e. The average Bonchev–Trinajstić information content (AvgIpc) is 2.72. The summed E-state index contributed by atoms with van der Waals surface area (Å²) in [6.45, 7) is -0.698. The van der Waals surface area contributed by atoms with E-state index in [4.69, 9.17) is 66.5 Å². The smallest absolute Gasteiger partial charge is 0.252 e. The lowest BCUT2D eigenvalue weighted by Crippen LogP contribution is -2.68. The summed E-state index contributed by atoms with van der Waals surface area (Å²) in [5.41, 5.74) is -1.34. The molecule has 1 fully saturated rings. The summed E-state index contributed by atoms with van der Waals surface area (Å²) < 4.78 is 29.4. The van der Waals surface area contributed by atoms with Gasteiger partial charge in [-0.3, -0.25) is 9.78 Å². The summed E-state index contributed by atoms with van der Waals surface area (Å²) in [5.74, 6) is -1.43. The Morgan fingerprint density at radius 2 is 1.85 bits per heavy atom. The van der Waals surface area contributed by atoms with Gasteiger partial charge in [-0.2, -0.15) is 0 Å². The Bertz CT molecular complexity index is 1070. The van der Waals surface area contributed by atoms with Gasteiger partial charge in [0.25, 0.3) is 5.91 Å². The minimum absolute atomic E-state index is 0.00191. The van der Waals surface area contributed by atoms with Crippen molar-refractivity contribution in [2.24, 2.45) is 0 Å². The zero-order chi connectivity index (χ0) is 25.5. The van der Waals surface area contributed by atoms with E-state index in [0.29, 0.717) is 11.3 Å². The fourth-order valence-electron chi connectivity index (χ4n) is 3.71. The average molecular weight is 462 g/mol. The SMILES string of the molecule is [B]C([B])([B])c1ccc(CNCC2(F)CC([B])([B])N(C(=O)c3ccc(F)c(Cl)c3)CC2([B])[B])nc1. The minimum Gasteiger partial charge on any atom is -0.351 e. The fourth-order valence-corrected chi connectivity index (χ4v) is 3.89. The number of hydrogen-bond donors (Lipinski definition) is 1. The van der Waals surface area contributed by atoms with Gasteiger partial charge in [0.05, 0.1) is 65.6 Å². The van der Waals surface area contributed by atoms with Crippen LogP contribution in [0.15, 0.2) is 36.5 Å². The number of halogens is 3. The molecule has 0 saturated carbocycles. The molecule has 3 rings (SSSR count). The van der Waals surface area contributed by atoms with Crippen molar-refractivity contribution in [2.45, 2.75) is 34.3 Å². The Morgan fingerprint density at radius 3 is 2.41 bits per heavy atom. The lowest BCUT2D eigenvalue weighted by Gasteiger charge is -2.58. The lowest BCUT2D eigenvalue weighted by atomic mass is 9.39. The van der Waals surface area contributed by atoms with Crippen molar-refractivity contribution in [3.05, 3.63) is 64.2 Å². The zero-order valence-electron chi connectivity index (χ0n) is 18.3. The van der Waals surface area contributed by atoms with E-state index in [2.05, 4.69) is 10.3 Å². The Balaban J connectivity index is 1.71. The number of nitrogens with zero attached hydrogens (tertiary/aromatic N) is 2. The van der Waals surface area contributed by atoms with E-state index < -0.39 is 46.0 Å². The number of aromatic nitrogens is 1. The van der Waals surface area contributed by atoms with Crippen molar-refractivity contribution >= 4 is 72.4 Å². The van der Waals surface area contributed by atoms with Crippen LogP contribution in [0.2, 0.25) is 10.2 Å². The van der Waals surface area contributed by atoms with Gasteiger partial charge in [-0.05, 0) is 46.8 Å². The van der Waals surface area contributed by atoms with Gasteiger partial charge >= 0.3 is 0 Å². The summed E-state index contributed by atoms with van der Waals surface area (Å²) in [5, 5.41) is -2.87. The standard InChI is InChI=1S/C20H15B7ClF2N3O/c21-18(22)10-33(16(34)11-1-4-15(29)14(28)5-11)19(23,24)8-17(18,30)9-31-7-13-3-2-12(6-32-13)20(25,26)27/h1-6,31H,7-10H2. The molecule has 4 nitrogen and oxygen atoms in total. The normalized spacial score (nSPS) is 21.8. The predicted octanol–water partition coefficient (Wildman–Crippen LogP) is 0.278. The molecule has 0 aliphatic carbocycles. The van der Waals surface area contributed by atoms with Crippen LogP contribution in [0.1, 0.15) is 28.0 Å². The first kappa shape index (κ1) is 27.0. The number of carbonyl (C=O) groups excluding carboxylic acids is 1. The lowest BCUT2D eigenvalue weighted by molar-refractivity contribution is 0.0155. The van der Waals surface area contributed by atoms with Crippen molar-refractivity contribution in [3.63, 3.8) is 0 Å². The Hall–Kier alpha value is -1.60. The number of likely N-dealkylation sites (tertiary alicyclic amines) is 1. The first-order chi connectivity index (χ1) is 15.6. The monoisotopic (exact) mass is 463 g/mol. The number of pyridine rings is 1. The number of amides is 1. The fraction of sp³-hybridized carbons (Fsp3) is 0.400. The van der Waals surface area contributed by atoms with Crippen LogP contribution in [-0.2, 0) is 11.7 Å². The van der Waals surface area contributed by atoms with Crippen LogP contribution >= 0.6 is 11.6 Å². The molecule has 14 radical (unpaired) electrons. The predicted molar refractivity (Wildman–Crippen MR) is 134 cm³/mol. The van der Waals surface area contributed by atoms with E-state index in [-0.39, 0.29) is 23.7 Å². The molecular formula is C20H15B7ClF2N3O. The number of carbonyl (C=O) groups is 1. The second-order valence-corrected chi connectivity index (χ2v) is 9.18. The van der Waals surface area contributed by atoms with Crippen molar-refractivity contribution in [1.29, 1.82) is 0 Å². The maximum absolute atomic E-state index is 16.0. The minimum atomic E-state index is -2.30. The van der Waals surface area contributed by atoms with E-state index in [1.54, 1.807) is 12.1 Å². The molecule has 1 unspecified atom stereocenters. The molecule has 1 aliphatic heterocycles. The van der Waals surface area contributed by atoms with Crippen LogP contribution in [0.5, 0.6) is 0 Å². The molecule has 1 saturated heterocycles. The highest BCUT2D eigenvalue weighted by atomic mass is 35.5. The van der Waals surface area contributed by atoms with Gasteiger partial charge in [0.1, 0.15) is 11.5 Å². The van der Waals surface area contributed by atoms with Crippen LogP contribution < -0.4 is 5.32 Å². The second kappa shape index (κ2) is 9.46. The molecule has 1 amide bonds. The maximum atomic E-state index is 16.0. The molecule has 2 aromatic rings. The van der Waals surface area contributed by atoms with Crippen LogP contribution in [0.25, 0.3) is 0 Å². The highest BCUT2D eigenvalue weighted by molar-refractivity contribution is 6.58. The molecule has 34 heavy (non-hydrogen) atoms. The summed E-state index contributed by atoms with van der Waals surface area (Å²) in [6.07, 6.45) is 0.831. The highest BCUT2D eigenvalue weighted by Gasteiger charge is 2.54. The Morgan fingerprint density at radius 1 is 1.18 bits per heavy atom. The van der Waals surface area contributed by atoms with Gasteiger partial charge in [-0.15, -0.1) is 5.11 Å². The van der Waals surface area contributed by atoms with Gasteiger partial charge in [0.2, 0.25) is 0 Å². The molecule has 1 aromatic heterocycles. The van der Waals surface area contributed by atoms with Crippen LogP contribution in [0, 0.1) is 5.82 Å². The van der Waals surface area contributed by atoms with E-state index in [0.717, 1.165) is 17.0 Å². The van der Waals surface area contributed by atoms with E-state index >= 15 is 4.39 Å². The molecular weight excluding hydrogens is 447 g/mol. The summed E-state index contributed by atoms with van der Waals surface area (Å²) in [4.78, 5) is 18.1. The van der Waals surface area contributed by atoms with Crippen molar-refractivity contribution < 1.29 is 13.6 Å². The van der Waals surface area contributed by atoms with Crippen molar-refractivity contribution in [3.8, 4) is 0 Å². The molecule has 158 valence electrons. The van der Waals surface area contributed by atoms with E-state index in [9.17, 15) is 9.18 Å². The van der Waals surface area contributed by atoms with Crippen LogP contribution in [-0.4, -0.2) is 94.8 Å². The molecule has 1 aromatic carbocycles. The molecule has 2 heterocycles. The Kier molecular flexibility index (Phi) is 7.51. The van der Waals surface area contributed by atoms with E-state index in [1.807, 2.05) is 0 Å². The quantitative estimate of drug-likeness (QED) is 0.628. The van der Waals surface area contributed by atoms with Gasteiger partial charge in [0, 0.05) is 31.4 Å². The zero-order valence-corrected chi connectivity index (χ0v) is 19.0. The number of piperidine rings is 1. The number of nitrogens with one attached hydrogen (secondary N) is 1. The number of rotatable bonds is 6. The number of benzene rings is 1. The summed E-state index contributed by atoms with van der Waals surface area (Å²) >= 11 is 5.76. The van der Waals surface area contributed by atoms with Gasteiger partial charge < -0.3 is 10.2 Å². The topological polar surface area (TPSA) is 45.2 Å².